The lowest BCUT2D eigenvalue weighted by atomic mass is 10.2. The van der Waals surface area contributed by atoms with Crippen molar-refractivity contribution in [1.29, 1.82) is 0 Å². The van der Waals surface area contributed by atoms with Gasteiger partial charge in [0.2, 0.25) is 0 Å². The van der Waals surface area contributed by atoms with E-state index in [1.54, 1.807) is 12.1 Å². The molecule has 0 radical (unpaired) electrons. The maximum absolute atomic E-state index is 10.8. The monoisotopic (exact) mass is 280 g/mol. The predicted molar refractivity (Wildman–Crippen MR) is 66.5 cm³/mol. The van der Waals surface area contributed by atoms with Gasteiger partial charge in [-0.3, -0.25) is 0 Å². The first-order chi connectivity index (χ1) is 8.66. The number of fused-ring (bicyclic) bond motifs is 1. The van der Waals surface area contributed by atoms with Gasteiger partial charge in [0.25, 0.3) is 0 Å². The van der Waals surface area contributed by atoms with Gasteiger partial charge >= 0.3 is 5.97 Å². The Hall–Kier alpha value is -1.99. The normalized spacial score (nSPS) is 10.9. The minimum Gasteiger partial charge on any atom is -0.476 e. The Labute approximate surface area is 110 Å². The molecule has 0 amide bonds. The molecule has 2 heterocycles. The highest BCUT2D eigenvalue weighted by Crippen LogP contribution is 2.28. The molecule has 0 saturated heterocycles. The number of aromatic carboxylic acids is 1. The Morgan fingerprint density at radius 1 is 1.33 bits per heavy atom. The first kappa shape index (κ1) is 11.1. The fourth-order valence-electron chi connectivity index (χ4n) is 1.59. The number of carbonyl (C=O) groups is 1. The smallest absolute Gasteiger partial charge is 0.356 e. The molecule has 0 aliphatic rings. The van der Waals surface area contributed by atoms with E-state index in [4.69, 9.17) is 16.7 Å². The van der Waals surface area contributed by atoms with Crippen LogP contribution in [0.15, 0.2) is 24.4 Å². The lowest BCUT2D eigenvalue weighted by Crippen LogP contribution is -2.02. The van der Waals surface area contributed by atoms with Crippen LogP contribution in [0.5, 0.6) is 0 Å². The molecule has 0 atom stereocenters. The summed E-state index contributed by atoms with van der Waals surface area (Å²) in [6.07, 6.45) is 1.53. The molecule has 0 spiro atoms. The van der Waals surface area contributed by atoms with Crippen molar-refractivity contribution in [3.05, 3.63) is 35.1 Å². The molecule has 0 unspecified atom stereocenters. The summed E-state index contributed by atoms with van der Waals surface area (Å²) in [5.41, 5.74) is 1.79. The molecule has 2 aromatic heterocycles. The molecular formula is C10H5ClN4O2S. The fourth-order valence-corrected chi connectivity index (χ4v) is 2.37. The third-order valence-corrected chi connectivity index (χ3v) is 3.24. The molecule has 8 heteroatoms. The van der Waals surface area contributed by atoms with Gasteiger partial charge in [0.1, 0.15) is 16.7 Å². The van der Waals surface area contributed by atoms with Crippen molar-refractivity contribution in [3.8, 4) is 5.69 Å². The Bertz CT molecular complexity index is 751. The van der Waals surface area contributed by atoms with Crippen LogP contribution in [0.1, 0.15) is 10.5 Å². The lowest BCUT2D eigenvalue weighted by molar-refractivity contribution is 0.0690. The topological polar surface area (TPSA) is 80.9 Å². The highest BCUT2D eigenvalue weighted by molar-refractivity contribution is 7.00. The van der Waals surface area contributed by atoms with Crippen LogP contribution in [0.3, 0.4) is 0 Å². The van der Waals surface area contributed by atoms with Crippen molar-refractivity contribution < 1.29 is 9.90 Å². The zero-order chi connectivity index (χ0) is 12.7. The molecule has 1 aromatic carbocycles. The summed E-state index contributed by atoms with van der Waals surface area (Å²) in [6.45, 7) is 0. The number of carboxylic acids is 1. The van der Waals surface area contributed by atoms with Crippen molar-refractivity contribution in [2.45, 2.75) is 0 Å². The molecule has 0 aliphatic heterocycles. The van der Waals surface area contributed by atoms with E-state index in [-0.39, 0.29) is 5.69 Å². The van der Waals surface area contributed by atoms with Crippen LogP contribution < -0.4 is 0 Å². The average Bonchev–Trinajstić information content (AvgIpc) is 2.95. The molecule has 0 bridgehead atoms. The minimum atomic E-state index is -1.09. The SMILES string of the molecule is O=C(O)c1ccn(-c2c(Cl)ccc3nsnc23)n1. The van der Waals surface area contributed by atoms with Gasteiger partial charge in [-0.05, 0) is 18.2 Å². The van der Waals surface area contributed by atoms with Gasteiger partial charge in [-0.2, -0.15) is 13.8 Å². The number of rotatable bonds is 2. The van der Waals surface area contributed by atoms with Crippen molar-refractivity contribution in [2.24, 2.45) is 0 Å². The molecule has 18 heavy (non-hydrogen) atoms. The number of hydrogen-bond donors (Lipinski definition) is 1. The van der Waals surface area contributed by atoms with Crippen LogP contribution in [0.4, 0.5) is 0 Å². The summed E-state index contributed by atoms with van der Waals surface area (Å²) in [6, 6.07) is 4.84. The number of hydrogen-bond acceptors (Lipinski definition) is 5. The first-order valence-corrected chi connectivity index (χ1v) is 5.98. The summed E-state index contributed by atoms with van der Waals surface area (Å²) in [7, 11) is 0. The molecule has 90 valence electrons. The first-order valence-electron chi connectivity index (χ1n) is 4.87. The van der Waals surface area contributed by atoms with Gasteiger partial charge in [0, 0.05) is 6.20 Å². The molecule has 3 aromatic rings. The number of halogens is 1. The van der Waals surface area contributed by atoms with E-state index in [1.807, 2.05) is 0 Å². The Morgan fingerprint density at radius 3 is 2.89 bits per heavy atom. The third kappa shape index (κ3) is 1.64. The van der Waals surface area contributed by atoms with E-state index in [0.717, 1.165) is 11.7 Å². The zero-order valence-corrected chi connectivity index (χ0v) is 10.3. The van der Waals surface area contributed by atoms with Crippen molar-refractivity contribution in [2.75, 3.05) is 0 Å². The quantitative estimate of drug-likeness (QED) is 0.778. The minimum absolute atomic E-state index is 0.0498. The van der Waals surface area contributed by atoms with Gasteiger partial charge in [-0.15, -0.1) is 0 Å². The van der Waals surface area contributed by atoms with Gasteiger partial charge in [0.05, 0.1) is 16.8 Å². The second kappa shape index (κ2) is 4.04. The molecule has 0 aliphatic carbocycles. The van der Waals surface area contributed by atoms with Crippen LogP contribution in [0.2, 0.25) is 5.02 Å². The van der Waals surface area contributed by atoms with E-state index < -0.39 is 5.97 Å². The Morgan fingerprint density at radius 2 is 2.17 bits per heavy atom. The highest BCUT2D eigenvalue weighted by atomic mass is 35.5. The van der Waals surface area contributed by atoms with E-state index in [1.165, 1.54) is 16.9 Å². The van der Waals surface area contributed by atoms with Gasteiger partial charge in [0.15, 0.2) is 5.69 Å². The summed E-state index contributed by atoms with van der Waals surface area (Å²) < 4.78 is 9.65. The average molecular weight is 281 g/mol. The van der Waals surface area contributed by atoms with Crippen LogP contribution in [0, 0.1) is 0 Å². The standard InChI is InChI=1S/C10H5ClN4O2S/c11-5-1-2-6-8(14-18-13-6)9(5)15-4-3-7(12-15)10(16)17/h1-4H,(H,16,17). The molecule has 0 saturated carbocycles. The van der Waals surface area contributed by atoms with Crippen LogP contribution in [0.25, 0.3) is 16.7 Å². The highest BCUT2D eigenvalue weighted by Gasteiger charge is 2.14. The largest absolute Gasteiger partial charge is 0.476 e. The molecule has 1 N–H and O–H groups in total. The number of nitrogens with zero attached hydrogens (tertiary/aromatic N) is 4. The molecule has 6 nitrogen and oxygen atoms in total. The van der Waals surface area contributed by atoms with Crippen molar-refractivity contribution >= 4 is 40.3 Å². The van der Waals surface area contributed by atoms with Gasteiger partial charge < -0.3 is 5.11 Å². The summed E-state index contributed by atoms with van der Waals surface area (Å²) in [4.78, 5) is 10.8. The maximum Gasteiger partial charge on any atom is 0.356 e. The number of carboxylic acid groups (broad SMARTS) is 1. The van der Waals surface area contributed by atoms with Crippen LogP contribution in [-0.2, 0) is 0 Å². The predicted octanol–water partition coefficient (Wildman–Crippen LogP) is 2.23. The van der Waals surface area contributed by atoms with E-state index >= 15 is 0 Å². The maximum atomic E-state index is 10.8. The van der Waals surface area contributed by atoms with Crippen molar-refractivity contribution in [1.82, 2.24) is 18.5 Å². The van der Waals surface area contributed by atoms with E-state index in [9.17, 15) is 4.79 Å². The lowest BCUT2D eigenvalue weighted by Gasteiger charge is -2.04. The summed E-state index contributed by atoms with van der Waals surface area (Å²) in [5, 5.41) is 13.2. The van der Waals surface area contributed by atoms with E-state index in [2.05, 4.69) is 13.8 Å². The molecule has 0 fully saturated rings. The summed E-state index contributed by atoms with van der Waals surface area (Å²) >= 11 is 7.18. The Kier molecular flexibility index (Phi) is 2.49. The third-order valence-electron chi connectivity index (χ3n) is 2.39. The van der Waals surface area contributed by atoms with Gasteiger partial charge in [-0.1, -0.05) is 11.6 Å². The Balaban J connectivity index is 2.26. The zero-order valence-electron chi connectivity index (χ0n) is 8.74. The van der Waals surface area contributed by atoms with Crippen molar-refractivity contribution in [3.63, 3.8) is 0 Å². The van der Waals surface area contributed by atoms with Crippen LogP contribution >= 0.6 is 23.3 Å². The fraction of sp³-hybridized carbons (Fsp3) is 0. The molecule has 3 rings (SSSR count). The second-order valence-corrected chi connectivity index (χ2v) is 4.41. The summed E-state index contributed by atoms with van der Waals surface area (Å²) in [5.74, 6) is -1.09. The van der Waals surface area contributed by atoms with Crippen LogP contribution in [-0.4, -0.2) is 29.6 Å². The van der Waals surface area contributed by atoms with E-state index in [0.29, 0.717) is 21.7 Å². The van der Waals surface area contributed by atoms with Gasteiger partial charge in [-0.25, -0.2) is 9.48 Å². The molecular weight excluding hydrogens is 276 g/mol. The number of aromatic nitrogens is 4. The second-order valence-electron chi connectivity index (χ2n) is 3.48. The number of benzene rings is 1.